The maximum Gasteiger partial charge on any atom is 0.202 e. The molecule has 0 radical (unpaired) electrons. The summed E-state index contributed by atoms with van der Waals surface area (Å²) in [4.78, 5) is 12.7. The van der Waals surface area contributed by atoms with Crippen molar-refractivity contribution in [3.05, 3.63) is 53.1 Å². The van der Waals surface area contributed by atoms with Crippen molar-refractivity contribution in [2.75, 3.05) is 0 Å². The van der Waals surface area contributed by atoms with E-state index in [1.54, 1.807) is 24.3 Å². The third-order valence-electron chi connectivity index (χ3n) is 4.58. The second kappa shape index (κ2) is 5.51. The number of phenols is 2. The average molecular weight is 354 g/mol. The molecule has 6 heteroatoms. The van der Waals surface area contributed by atoms with E-state index in [1.165, 1.54) is 12.1 Å². The zero-order chi connectivity index (χ0) is 18.6. The summed E-state index contributed by atoms with van der Waals surface area (Å²) in [5.74, 6) is -0.554. The van der Waals surface area contributed by atoms with Crippen molar-refractivity contribution < 1.29 is 29.6 Å². The van der Waals surface area contributed by atoms with Crippen LogP contribution < -0.4 is 9.47 Å². The summed E-state index contributed by atoms with van der Waals surface area (Å²) in [6.45, 7) is 3.73. The fourth-order valence-corrected chi connectivity index (χ4v) is 3.28. The number of hydrogen-bond donors (Lipinski definition) is 3. The molecule has 4 rings (SSSR count). The minimum Gasteiger partial charge on any atom is -0.508 e. The Kier molecular flexibility index (Phi) is 3.49. The highest BCUT2D eigenvalue weighted by atomic mass is 16.5. The predicted octanol–water partition coefficient (Wildman–Crippen LogP) is 2.96. The highest BCUT2D eigenvalue weighted by Crippen LogP contribution is 2.49. The summed E-state index contributed by atoms with van der Waals surface area (Å²) in [7, 11) is 0. The number of hydrogen-bond acceptors (Lipinski definition) is 6. The zero-order valence-electron chi connectivity index (χ0n) is 14.3. The molecule has 3 N–H and O–H groups in total. The molecule has 0 saturated heterocycles. The summed E-state index contributed by atoms with van der Waals surface area (Å²) in [5.41, 5.74) is 0.147. The van der Waals surface area contributed by atoms with Crippen LogP contribution in [-0.4, -0.2) is 32.8 Å². The highest BCUT2D eigenvalue weighted by molar-refractivity contribution is 6.07. The molecule has 0 spiro atoms. The van der Waals surface area contributed by atoms with Crippen LogP contribution in [0.5, 0.6) is 23.0 Å². The number of para-hydroxylation sites is 1. The molecule has 2 aromatic carbocycles. The van der Waals surface area contributed by atoms with Crippen molar-refractivity contribution in [3.63, 3.8) is 0 Å². The van der Waals surface area contributed by atoms with Crippen LogP contribution in [0.1, 0.15) is 41.4 Å². The number of benzene rings is 2. The molecule has 2 atom stereocenters. The third-order valence-corrected chi connectivity index (χ3v) is 4.58. The van der Waals surface area contributed by atoms with E-state index in [0.717, 1.165) is 0 Å². The lowest BCUT2D eigenvalue weighted by molar-refractivity contribution is 0.0199. The Hall–Kier alpha value is -2.99. The van der Waals surface area contributed by atoms with Gasteiger partial charge in [-0.2, -0.15) is 0 Å². The van der Waals surface area contributed by atoms with Crippen molar-refractivity contribution in [2.45, 2.75) is 31.7 Å². The van der Waals surface area contributed by atoms with Crippen molar-refractivity contribution in [1.82, 2.24) is 0 Å². The Balaban J connectivity index is 1.89. The van der Waals surface area contributed by atoms with Crippen LogP contribution in [0.3, 0.4) is 0 Å². The fourth-order valence-electron chi connectivity index (χ4n) is 3.28. The van der Waals surface area contributed by atoms with Crippen molar-refractivity contribution in [3.8, 4) is 23.0 Å². The van der Waals surface area contributed by atoms with E-state index in [9.17, 15) is 20.1 Å². The van der Waals surface area contributed by atoms with E-state index in [1.807, 2.05) is 19.9 Å². The van der Waals surface area contributed by atoms with Gasteiger partial charge in [-0.15, -0.1) is 0 Å². The van der Waals surface area contributed by atoms with E-state index in [4.69, 9.17) is 9.47 Å². The fraction of sp³-hybridized carbons (Fsp3) is 0.250. The molecule has 2 heterocycles. The number of carbonyl (C=O) groups excluding carboxylic acids is 1. The van der Waals surface area contributed by atoms with E-state index in [2.05, 4.69) is 0 Å². The second-order valence-corrected chi connectivity index (χ2v) is 6.96. The first-order chi connectivity index (χ1) is 12.3. The molecule has 2 aromatic rings. The molecule has 2 aliphatic heterocycles. The molecular formula is C20H18O6. The Bertz CT molecular complexity index is 944. The maximum absolute atomic E-state index is 12.7. The Labute approximate surface area is 149 Å². The SMILES string of the molecule is CC1(C)C=Cc2c(cc(O)c3c2O[C@H](c2ccccc2O)[C@@H](O)C3=O)O1. The molecule has 26 heavy (non-hydrogen) atoms. The molecule has 134 valence electrons. The number of ether oxygens (including phenoxy) is 2. The number of Topliss-reactive ketones (excluding diaryl/α,β-unsaturated/α-hetero) is 1. The quantitative estimate of drug-likeness (QED) is 0.729. The van der Waals surface area contributed by atoms with Gasteiger partial charge in [-0.05, 0) is 32.1 Å². The average Bonchev–Trinajstić information content (AvgIpc) is 2.57. The van der Waals surface area contributed by atoms with Crippen molar-refractivity contribution >= 4 is 11.9 Å². The number of rotatable bonds is 1. The molecule has 0 unspecified atom stereocenters. The number of aliphatic hydroxyl groups is 1. The number of aliphatic hydroxyl groups excluding tert-OH is 1. The lowest BCUT2D eigenvalue weighted by Crippen LogP contribution is -2.37. The molecule has 0 amide bonds. The smallest absolute Gasteiger partial charge is 0.202 e. The van der Waals surface area contributed by atoms with Crippen LogP contribution in [0.25, 0.3) is 6.08 Å². The lowest BCUT2D eigenvalue weighted by atomic mass is 9.89. The van der Waals surface area contributed by atoms with Crippen LogP contribution >= 0.6 is 0 Å². The maximum atomic E-state index is 12.7. The standard InChI is InChI=1S/C20H18O6/c1-20(2)8-7-11-14(26-20)9-13(22)15-16(23)17(24)19(25-18(11)15)10-5-3-4-6-12(10)21/h3-9,17,19,21-22,24H,1-2H3/t17-,19+/m0/s1. The first kappa shape index (κ1) is 16.5. The number of phenolic OH excluding ortho intramolecular Hbond substituents is 2. The predicted molar refractivity (Wildman–Crippen MR) is 93.7 cm³/mol. The van der Waals surface area contributed by atoms with Crippen LogP contribution in [0, 0.1) is 0 Å². The van der Waals surface area contributed by atoms with Gasteiger partial charge in [0.15, 0.2) is 12.2 Å². The van der Waals surface area contributed by atoms with Gasteiger partial charge in [0.05, 0.1) is 5.56 Å². The van der Waals surface area contributed by atoms with Gasteiger partial charge in [0.1, 0.15) is 34.2 Å². The molecule has 2 aliphatic rings. The van der Waals surface area contributed by atoms with Gasteiger partial charge in [-0.1, -0.05) is 18.2 Å². The zero-order valence-corrected chi connectivity index (χ0v) is 14.3. The van der Waals surface area contributed by atoms with Gasteiger partial charge in [0, 0.05) is 11.6 Å². The molecule has 0 fully saturated rings. The van der Waals surface area contributed by atoms with Crippen LogP contribution in [0.2, 0.25) is 0 Å². The van der Waals surface area contributed by atoms with Gasteiger partial charge in [-0.25, -0.2) is 0 Å². The summed E-state index contributed by atoms with van der Waals surface area (Å²) in [6.07, 6.45) is 0.944. The first-order valence-electron chi connectivity index (χ1n) is 8.23. The normalized spacial score (nSPS) is 22.8. The highest BCUT2D eigenvalue weighted by Gasteiger charge is 2.42. The van der Waals surface area contributed by atoms with Crippen LogP contribution in [-0.2, 0) is 0 Å². The van der Waals surface area contributed by atoms with Gasteiger partial charge in [0.25, 0.3) is 0 Å². The number of aromatic hydroxyl groups is 2. The van der Waals surface area contributed by atoms with E-state index >= 15 is 0 Å². The second-order valence-electron chi connectivity index (χ2n) is 6.96. The molecule has 0 aromatic heterocycles. The molecule has 0 saturated carbocycles. The molecular weight excluding hydrogens is 336 g/mol. The Morgan fingerprint density at radius 3 is 2.58 bits per heavy atom. The van der Waals surface area contributed by atoms with Gasteiger partial charge in [-0.3, -0.25) is 4.79 Å². The molecule has 0 bridgehead atoms. The minimum absolute atomic E-state index is 0.0872. The van der Waals surface area contributed by atoms with Gasteiger partial charge >= 0.3 is 0 Å². The monoisotopic (exact) mass is 354 g/mol. The van der Waals surface area contributed by atoms with E-state index < -0.39 is 23.6 Å². The third kappa shape index (κ3) is 2.42. The molecule has 6 nitrogen and oxygen atoms in total. The summed E-state index contributed by atoms with van der Waals surface area (Å²) < 4.78 is 11.7. The van der Waals surface area contributed by atoms with Crippen molar-refractivity contribution in [2.24, 2.45) is 0 Å². The summed E-state index contributed by atoms with van der Waals surface area (Å²) in [5, 5.41) is 30.8. The summed E-state index contributed by atoms with van der Waals surface area (Å²) >= 11 is 0. The van der Waals surface area contributed by atoms with Crippen molar-refractivity contribution in [1.29, 1.82) is 0 Å². The largest absolute Gasteiger partial charge is 0.508 e. The lowest BCUT2D eigenvalue weighted by Gasteiger charge is -2.34. The van der Waals surface area contributed by atoms with Gasteiger partial charge in [0.2, 0.25) is 5.78 Å². The Morgan fingerprint density at radius 1 is 1.12 bits per heavy atom. The summed E-state index contributed by atoms with van der Waals surface area (Å²) in [6, 6.07) is 7.69. The van der Waals surface area contributed by atoms with Crippen LogP contribution in [0.15, 0.2) is 36.4 Å². The minimum atomic E-state index is -1.55. The topological polar surface area (TPSA) is 96.2 Å². The number of fused-ring (bicyclic) bond motifs is 3. The number of ketones is 1. The van der Waals surface area contributed by atoms with Crippen LogP contribution in [0.4, 0.5) is 0 Å². The van der Waals surface area contributed by atoms with Gasteiger partial charge < -0.3 is 24.8 Å². The Morgan fingerprint density at radius 2 is 1.85 bits per heavy atom. The van der Waals surface area contributed by atoms with E-state index in [-0.39, 0.29) is 28.4 Å². The first-order valence-corrected chi connectivity index (χ1v) is 8.23. The van der Waals surface area contributed by atoms with E-state index in [0.29, 0.717) is 11.3 Å². The number of carbonyl (C=O) groups is 1. The molecule has 0 aliphatic carbocycles.